The van der Waals surface area contributed by atoms with Crippen molar-refractivity contribution < 1.29 is 37.8 Å². The molecule has 8 rings (SSSR count). The maximum Gasteiger partial charge on any atom is 0.491 e. The Morgan fingerprint density at radius 3 is 1.39 bits per heavy atom. The van der Waals surface area contributed by atoms with Crippen molar-refractivity contribution in [3.8, 4) is 0 Å². The molecular formula is C46H63B2BrO8. The van der Waals surface area contributed by atoms with Crippen LogP contribution in [0.25, 0.3) is 11.1 Å². The first-order valence-electron chi connectivity index (χ1n) is 20.8. The van der Waals surface area contributed by atoms with E-state index in [2.05, 4.69) is 93.9 Å². The maximum absolute atomic E-state index is 8.12. The van der Waals surface area contributed by atoms with E-state index in [1.807, 2.05) is 27.7 Å². The van der Waals surface area contributed by atoms with E-state index in [0.29, 0.717) is 13.6 Å². The summed E-state index contributed by atoms with van der Waals surface area (Å²) in [6, 6.07) is 13.9. The predicted octanol–water partition coefficient (Wildman–Crippen LogP) is 10.4. The van der Waals surface area contributed by atoms with Gasteiger partial charge in [-0.15, -0.1) is 0 Å². The molecule has 8 nitrogen and oxygen atoms in total. The van der Waals surface area contributed by atoms with Crippen LogP contribution in [-0.2, 0) is 50.6 Å². The second-order valence-corrected chi connectivity index (χ2v) is 19.2. The number of benzene rings is 2. The van der Waals surface area contributed by atoms with E-state index >= 15 is 0 Å². The quantitative estimate of drug-likeness (QED) is 0.281. The lowest BCUT2D eigenvalue weighted by Gasteiger charge is -2.32. The largest absolute Gasteiger partial charge is 0.491 e. The number of halogens is 1. The number of hydrogen-bond acceptors (Lipinski definition) is 8. The highest BCUT2D eigenvalue weighted by atomic mass is 79.9. The molecule has 2 aromatic rings. The number of hydrogen-bond donors (Lipinski definition) is 0. The molecular weight excluding hydrogens is 782 g/mol. The molecule has 0 unspecified atom stereocenters. The van der Waals surface area contributed by atoms with E-state index < -0.39 is 0 Å². The summed E-state index contributed by atoms with van der Waals surface area (Å²) in [5.41, 5.74) is 12.5. The summed E-state index contributed by atoms with van der Waals surface area (Å²) in [6.45, 7) is 21.2. The minimum Gasteiger partial charge on any atom is -0.406 e. The predicted molar refractivity (Wildman–Crippen MR) is 229 cm³/mol. The zero-order valence-electron chi connectivity index (χ0n) is 36.0. The van der Waals surface area contributed by atoms with Gasteiger partial charge in [-0.25, -0.2) is 0 Å². The van der Waals surface area contributed by atoms with Gasteiger partial charge in [-0.3, -0.25) is 0 Å². The van der Waals surface area contributed by atoms with Crippen molar-refractivity contribution in [2.45, 2.75) is 169 Å². The zero-order valence-corrected chi connectivity index (χ0v) is 37.6. The second kappa shape index (κ2) is 19.9. The second-order valence-electron chi connectivity index (χ2n) is 18.3. The third kappa shape index (κ3) is 11.2. The van der Waals surface area contributed by atoms with Crippen LogP contribution in [0.5, 0.6) is 0 Å². The Kier molecular flexibility index (Phi) is 16.4. The minimum absolute atomic E-state index is 0.132. The van der Waals surface area contributed by atoms with Crippen LogP contribution in [0.15, 0.2) is 46.4 Å². The molecule has 0 aromatic heterocycles. The van der Waals surface area contributed by atoms with Crippen molar-refractivity contribution in [3.05, 3.63) is 79.7 Å². The average Bonchev–Trinajstić information content (AvgIpc) is 3.82. The number of rotatable bonds is 3. The molecule has 0 spiro atoms. The molecule has 4 aliphatic carbocycles. The van der Waals surface area contributed by atoms with E-state index in [9.17, 15) is 0 Å². The van der Waals surface area contributed by atoms with Crippen LogP contribution in [-0.4, -0.2) is 49.5 Å². The van der Waals surface area contributed by atoms with Gasteiger partial charge in [0, 0.05) is 10.9 Å². The van der Waals surface area contributed by atoms with Crippen LogP contribution in [0.3, 0.4) is 0 Å². The van der Waals surface area contributed by atoms with Gasteiger partial charge < -0.3 is 18.6 Å². The summed E-state index contributed by atoms with van der Waals surface area (Å²) in [5, 5.41) is 0. The maximum atomic E-state index is 8.12. The number of fused-ring (bicyclic) bond motifs is 2. The molecule has 2 saturated heterocycles. The number of aryl methyl sites for hydroxylation is 2. The normalized spacial score (nSPS) is 22.4. The minimum atomic E-state index is -0.271. The van der Waals surface area contributed by atoms with E-state index in [-0.39, 0.29) is 41.8 Å². The summed E-state index contributed by atoms with van der Waals surface area (Å²) < 4.78 is 25.0. The van der Waals surface area contributed by atoms with Crippen molar-refractivity contribution >= 4 is 54.2 Å². The van der Waals surface area contributed by atoms with Crippen LogP contribution < -0.4 is 0 Å². The Labute approximate surface area is 350 Å². The Morgan fingerprint density at radius 2 is 0.982 bits per heavy atom. The lowest BCUT2D eigenvalue weighted by Crippen LogP contribution is -2.41. The van der Waals surface area contributed by atoms with E-state index in [1.165, 1.54) is 108 Å². The first-order chi connectivity index (χ1) is 26.8. The summed E-state index contributed by atoms with van der Waals surface area (Å²) in [5.74, 6) is 1.48. The van der Waals surface area contributed by atoms with Crippen molar-refractivity contribution in [1.29, 1.82) is 0 Å². The molecule has 0 amide bonds. The molecule has 0 radical (unpaired) electrons. The average molecular weight is 846 g/mol. The van der Waals surface area contributed by atoms with Crippen molar-refractivity contribution in [2.24, 2.45) is 11.8 Å². The zero-order chi connectivity index (χ0) is 42.2. The molecule has 4 fully saturated rings. The smallest absolute Gasteiger partial charge is 0.406 e. The summed E-state index contributed by atoms with van der Waals surface area (Å²) >= 11 is 3.83. The molecule has 2 aromatic carbocycles. The Balaban J connectivity index is 0.000000193. The van der Waals surface area contributed by atoms with Crippen LogP contribution in [0.2, 0.25) is 0 Å². The molecule has 6 aliphatic rings. The van der Waals surface area contributed by atoms with Gasteiger partial charge >= 0.3 is 27.1 Å². The lowest BCUT2D eigenvalue weighted by molar-refractivity contribution is -0.193. The van der Waals surface area contributed by atoms with Crippen molar-refractivity contribution in [1.82, 2.24) is 0 Å². The molecule has 2 aliphatic heterocycles. The van der Waals surface area contributed by atoms with E-state index in [4.69, 9.17) is 37.8 Å². The number of allylic oxidation sites excluding steroid dienone is 4. The first-order valence-corrected chi connectivity index (χ1v) is 21.6. The third-order valence-electron chi connectivity index (χ3n) is 13.3. The molecule has 0 atom stereocenters. The summed E-state index contributed by atoms with van der Waals surface area (Å²) in [7, 11) is 0.231. The topological polar surface area (TPSA) is 105 Å². The fourth-order valence-corrected chi connectivity index (χ4v) is 9.56. The summed E-state index contributed by atoms with van der Waals surface area (Å²) in [6.07, 6.45) is 16.3. The Hall–Kier alpha value is -2.87. The van der Waals surface area contributed by atoms with Gasteiger partial charge in [0.15, 0.2) is 0 Å². The Bertz CT molecular complexity index is 1800. The highest BCUT2D eigenvalue weighted by molar-refractivity contribution is 9.11. The van der Waals surface area contributed by atoms with Gasteiger partial charge in [0.2, 0.25) is 0 Å². The van der Waals surface area contributed by atoms with Crippen LogP contribution in [0, 0.1) is 25.7 Å². The fourth-order valence-electron chi connectivity index (χ4n) is 8.72. The molecule has 2 heterocycles. The van der Waals surface area contributed by atoms with Gasteiger partial charge in [-0.2, -0.15) is 19.2 Å². The Morgan fingerprint density at radius 1 is 0.596 bits per heavy atom. The van der Waals surface area contributed by atoms with Gasteiger partial charge in [0.25, 0.3) is 0 Å². The molecule has 2 saturated carbocycles. The molecule has 57 heavy (non-hydrogen) atoms. The van der Waals surface area contributed by atoms with Gasteiger partial charge in [0.1, 0.15) is 0 Å². The third-order valence-corrected chi connectivity index (χ3v) is 14.0. The molecule has 308 valence electrons. The van der Waals surface area contributed by atoms with E-state index in [1.54, 1.807) is 11.1 Å². The molecule has 11 heteroatoms. The van der Waals surface area contributed by atoms with Crippen LogP contribution >= 0.6 is 15.9 Å². The molecule has 0 bridgehead atoms. The fraction of sp³-hybridized carbons (Fsp3) is 0.609. The van der Waals surface area contributed by atoms with Gasteiger partial charge in [0.05, 0.1) is 22.4 Å². The van der Waals surface area contributed by atoms with Gasteiger partial charge in [-0.05, 0) is 152 Å². The summed E-state index contributed by atoms with van der Waals surface area (Å²) in [4.78, 5) is 32.5. The van der Waals surface area contributed by atoms with Crippen LogP contribution in [0.1, 0.15) is 153 Å². The lowest BCUT2D eigenvalue weighted by atomic mass is 9.70. The van der Waals surface area contributed by atoms with Crippen molar-refractivity contribution in [2.75, 3.05) is 0 Å². The number of carbonyl (C=O) groups excluding carboxylic acids is 4. The highest BCUT2D eigenvalue weighted by Crippen LogP contribution is 2.49. The highest BCUT2D eigenvalue weighted by Gasteiger charge is 2.54. The first kappa shape index (κ1) is 46.8. The SMILES string of the molecule is CC1(C)OBOC1(C)C.Cc1ccc2c(c1)CC(B1OC(C)(C)C(C)(C)O1)=C2C1CCCCC1.Cc1ccc2c(c1)CC(Br)=C2C1CCCCC1.O=C=O.O=C=O. The van der Waals surface area contributed by atoms with Crippen LogP contribution in [0.4, 0.5) is 0 Å². The van der Waals surface area contributed by atoms with Crippen molar-refractivity contribution in [3.63, 3.8) is 0 Å². The monoisotopic (exact) mass is 844 g/mol. The van der Waals surface area contributed by atoms with E-state index in [0.717, 1.165) is 18.8 Å². The molecule has 0 N–H and O–H groups in total. The van der Waals surface area contributed by atoms with Gasteiger partial charge in [-0.1, -0.05) is 102 Å². The standard InChI is InChI=1S/C22H31BO2.C16H19Br.C6H13BO2.2CO2/c1-15-11-12-18-17(13-15)14-19(20(18)16-9-7-6-8-10-16)23-24-21(2,3)22(4,5)25-23;1-11-7-8-14-13(9-11)10-15(17)16(14)12-5-3-2-4-6-12;1-5(2)6(3,4)9-7-8-5;2*2-1-3/h11-13,16H,6-10,14H2,1-5H3;7-9,12H,2-6,10H2,1H3;7H,1-4H3;;.